The highest BCUT2D eigenvalue weighted by molar-refractivity contribution is 7.03. The number of hydrogen-bond acceptors (Lipinski definition) is 6. The van der Waals surface area contributed by atoms with E-state index in [4.69, 9.17) is 4.74 Å². The number of benzene rings is 1. The van der Waals surface area contributed by atoms with Crippen LogP contribution in [0.25, 0.3) is 0 Å². The van der Waals surface area contributed by atoms with Gasteiger partial charge in [-0.25, -0.2) is 4.39 Å². The van der Waals surface area contributed by atoms with E-state index in [1.165, 1.54) is 24.7 Å². The lowest BCUT2D eigenvalue weighted by Crippen LogP contribution is -2.48. The molecule has 0 aliphatic carbocycles. The summed E-state index contributed by atoms with van der Waals surface area (Å²) in [6.45, 7) is 3.42. The molecule has 0 radical (unpaired) electrons. The number of aromatic nitrogens is 2. The SMILES string of the molecule is COc1ccc(CN2CCN(C(=O)c3csnn3)CC2)cc1F. The predicted octanol–water partition coefficient (Wildman–Crippen LogP) is 1.64. The minimum atomic E-state index is -0.352. The second-order valence-electron chi connectivity index (χ2n) is 5.33. The normalized spacial score (nSPS) is 15.7. The fourth-order valence-corrected chi connectivity index (χ4v) is 3.03. The zero-order valence-corrected chi connectivity index (χ0v) is 13.6. The Morgan fingerprint density at radius 2 is 2.13 bits per heavy atom. The van der Waals surface area contributed by atoms with Crippen LogP contribution in [0.15, 0.2) is 23.6 Å². The molecule has 0 N–H and O–H groups in total. The van der Waals surface area contributed by atoms with Crippen molar-refractivity contribution in [3.05, 3.63) is 40.7 Å². The van der Waals surface area contributed by atoms with Gasteiger partial charge >= 0.3 is 0 Å². The standard InChI is InChI=1S/C15H17FN4O2S/c1-22-14-3-2-11(8-12(14)16)9-19-4-6-20(7-5-19)15(21)13-10-23-18-17-13/h2-3,8,10H,4-7,9H2,1H3. The van der Waals surface area contributed by atoms with Gasteiger partial charge in [0.1, 0.15) is 0 Å². The Morgan fingerprint density at radius 1 is 1.35 bits per heavy atom. The number of hydrogen-bond donors (Lipinski definition) is 0. The number of piperazine rings is 1. The summed E-state index contributed by atoms with van der Waals surface area (Å²) < 4.78 is 22.4. The van der Waals surface area contributed by atoms with Gasteiger partial charge in [-0.05, 0) is 29.2 Å². The van der Waals surface area contributed by atoms with Crippen molar-refractivity contribution in [2.45, 2.75) is 6.54 Å². The molecule has 1 aromatic carbocycles. The monoisotopic (exact) mass is 336 g/mol. The first-order valence-corrected chi connectivity index (χ1v) is 8.12. The molecule has 2 heterocycles. The summed E-state index contributed by atoms with van der Waals surface area (Å²) in [7, 11) is 1.45. The number of amides is 1. The first-order valence-electron chi connectivity index (χ1n) is 7.28. The van der Waals surface area contributed by atoms with E-state index < -0.39 is 0 Å². The van der Waals surface area contributed by atoms with Gasteiger partial charge in [-0.3, -0.25) is 9.69 Å². The first kappa shape index (κ1) is 15.8. The van der Waals surface area contributed by atoms with Crippen molar-refractivity contribution >= 4 is 17.4 Å². The molecule has 1 fully saturated rings. The van der Waals surface area contributed by atoms with Crippen LogP contribution in [0.2, 0.25) is 0 Å². The molecule has 1 aromatic heterocycles. The fourth-order valence-electron chi connectivity index (χ4n) is 2.60. The Bertz CT molecular complexity index is 672. The molecule has 0 unspecified atom stereocenters. The molecule has 8 heteroatoms. The van der Waals surface area contributed by atoms with E-state index >= 15 is 0 Å². The quantitative estimate of drug-likeness (QED) is 0.850. The molecule has 0 spiro atoms. The lowest BCUT2D eigenvalue weighted by Gasteiger charge is -2.34. The van der Waals surface area contributed by atoms with Crippen molar-refractivity contribution in [2.75, 3.05) is 33.3 Å². The number of nitrogens with zero attached hydrogens (tertiary/aromatic N) is 4. The van der Waals surface area contributed by atoms with Crippen molar-refractivity contribution in [1.29, 1.82) is 0 Å². The maximum Gasteiger partial charge on any atom is 0.275 e. The van der Waals surface area contributed by atoms with Gasteiger partial charge in [-0.1, -0.05) is 10.6 Å². The molecule has 0 atom stereocenters. The summed E-state index contributed by atoms with van der Waals surface area (Å²) in [5.41, 5.74) is 1.30. The highest BCUT2D eigenvalue weighted by Gasteiger charge is 2.23. The number of methoxy groups -OCH3 is 1. The highest BCUT2D eigenvalue weighted by atomic mass is 32.1. The van der Waals surface area contributed by atoms with Crippen LogP contribution in [0.3, 0.4) is 0 Å². The van der Waals surface area contributed by atoms with Crippen molar-refractivity contribution in [1.82, 2.24) is 19.4 Å². The van der Waals surface area contributed by atoms with E-state index in [1.54, 1.807) is 16.3 Å². The average molecular weight is 336 g/mol. The molecule has 3 rings (SSSR count). The summed E-state index contributed by atoms with van der Waals surface area (Å²) in [5, 5.41) is 5.48. The van der Waals surface area contributed by atoms with Crippen LogP contribution >= 0.6 is 11.5 Å². The van der Waals surface area contributed by atoms with Crippen LogP contribution in [0.5, 0.6) is 5.75 Å². The second-order valence-corrected chi connectivity index (χ2v) is 5.94. The third-order valence-electron chi connectivity index (χ3n) is 3.86. The summed E-state index contributed by atoms with van der Waals surface area (Å²) in [6.07, 6.45) is 0. The van der Waals surface area contributed by atoms with E-state index in [0.717, 1.165) is 18.7 Å². The zero-order valence-electron chi connectivity index (χ0n) is 12.7. The molecule has 122 valence electrons. The van der Waals surface area contributed by atoms with E-state index in [0.29, 0.717) is 25.3 Å². The molecular weight excluding hydrogens is 319 g/mol. The Labute approximate surface area is 137 Å². The molecule has 1 aliphatic rings. The Kier molecular flexibility index (Phi) is 4.82. The summed E-state index contributed by atoms with van der Waals surface area (Å²) in [5.74, 6) is -0.176. The zero-order chi connectivity index (χ0) is 16.2. The van der Waals surface area contributed by atoms with Crippen LogP contribution in [-0.4, -0.2) is 58.6 Å². The molecule has 2 aromatic rings. The number of carbonyl (C=O) groups is 1. The third kappa shape index (κ3) is 3.65. The van der Waals surface area contributed by atoms with Gasteiger partial charge < -0.3 is 9.64 Å². The molecule has 23 heavy (non-hydrogen) atoms. The van der Waals surface area contributed by atoms with Crippen LogP contribution in [0.1, 0.15) is 16.1 Å². The van der Waals surface area contributed by atoms with Crippen molar-refractivity contribution in [2.24, 2.45) is 0 Å². The third-order valence-corrected chi connectivity index (χ3v) is 4.37. The maximum absolute atomic E-state index is 13.7. The minimum Gasteiger partial charge on any atom is -0.494 e. The molecular formula is C15H17FN4O2S. The fraction of sp³-hybridized carbons (Fsp3) is 0.400. The van der Waals surface area contributed by atoms with Gasteiger partial charge in [0.05, 0.1) is 7.11 Å². The molecule has 1 amide bonds. The number of ether oxygens (including phenoxy) is 1. The second kappa shape index (κ2) is 7.01. The van der Waals surface area contributed by atoms with Crippen molar-refractivity contribution in [3.8, 4) is 5.75 Å². The van der Waals surface area contributed by atoms with Gasteiger partial charge in [-0.15, -0.1) is 5.10 Å². The Hall–Kier alpha value is -2.06. The summed E-state index contributed by atoms with van der Waals surface area (Å²) in [6, 6.07) is 5.00. The number of halogens is 1. The average Bonchev–Trinajstić information content (AvgIpc) is 3.09. The molecule has 0 bridgehead atoms. The summed E-state index contributed by atoms with van der Waals surface area (Å²) in [4.78, 5) is 16.2. The minimum absolute atomic E-state index is 0.0751. The number of carbonyl (C=O) groups excluding carboxylic acids is 1. The van der Waals surface area contributed by atoms with Crippen LogP contribution in [-0.2, 0) is 6.54 Å². The smallest absolute Gasteiger partial charge is 0.275 e. The first-order chi connectivity index (χ1) is 11.2. The largest absolute Gasteiger partial charge is 0.494 e. The Balaban J connectivity index is 1.55. The predicted molar refractivity (Wildman–Crippen MR) is 84.0 cm³/mol. The summed E-state index contributed by atoms with van der Waals surface area (Å²) >= 11 is 1.17. The highest BCUT2D eigenvalue weighted by Crippen LogP contribution is 2.19. The lowest BCUT2D eigenvalue weighted by molar-refractivity contribution is 0.0622. The van der Waals surface area contributed by atoms with E-state index in [9.17, 15) is 9.18 Å². The van der Waals surface area contributed by atoms with E-state index in [2.05, 4.69) is 14.5 Å². The van der Waals surface area contributed by atoms with Gasteiger partial charge in [0, 0.05) is 38.1 Å². The van der Waals surface area contributed by atoms with Gasteiger partial charge in [-0.2, -0.15) is 0 Å². The molecule has 1 aliphatic heterocycles. The van der Waals surface area contributed by atoms with E-state index in [1.807, 2.05) is 6.07 Å². The van der Waals surface area contributed by atoms with Crippen molar-refractivity contribution in [3.63, 3.8) is 0 Å². The van der Waals surface area contributed by atoms with Crippen molar-refractivity contribution < 1.29 is 13.9 Å². The Morgan fingerprint density at radius 3 is 2.74 bits per heavy atom. The lowest BCUT2D eigenvalue weighted by atomic mass is 10.1. The van der Waals surface area contributed by atoms with Crippen LogP contribution in [0.4, 0.5) is 4.39 Å². The van der Waals surface area contributed by atoms with Crippen LogP contribution < -0.4 is 4.74 Å². The topological polar surface area (TPSA) is 58.6 Å². The van der Waals surface area contributed by atoms with Crippen LogP contribution in [0, 0.1) is 5.82 Å². The van der Waals surface area contributed by atoms with E-state index in [-0.39, 0.29) is 17.5 Å². The maximum atomic E-state index is 13.7. The molecule has 6 nitrogen and oxygen atoms in total. The number of rotatable bonds is 4. The molecule has 1 saturated heterocycles. The molecule has 0 saturated carbocycles. The van der Waals surface area contributed by atoms with Gasteiger partial charge in [0.2, 0.25) is 0 Å². The van der Waals surface area contributed by atoms with Gasteiger partial charge in [0.25, 0.3) is 5.91 Å². The van der Waals surface area contributed by atoms with Gasteiger partial charge in [0.15, 0.2) is 17.3 Å².